The second kappa shape index (κ2) is 4.73. The Hall–Kier alpha value is -0.930. The Balaban J connectivity index is 2.09. The number of ether oxygens (including phenoxy) is 1. The predicted molar refractivity (Wildman–Crippen MR) is 62.9 cm³/mol. The van der Waals surface area contributed by atoms with Crippen LogP contribution in [0.5, 0.6) is 5.75 Å². The van der Waals surface area contributed by atoms with Crippen LogP contribution in [0.25, 0.3) is 0 Å². The van der Waals surface area contributed by atoms with Gasteiger partial charge in [-0.05, 0) is 25.1 Å². The summed E-state index contributed by atoms with van der Waals surface area (Å²) in [6.45, 7) is 1.95. The maximum atomic E-state index is 5.98. The van der Waals surface area contributed by atoms with Crippen molar-refractivity contribution in [1.82, 2.24) is 5.32 Å². The molecule has 1 aliphatic rings. The molecule has 0 saturated carbocycles. The normalized spacial score (nSPS) is 20.3. The lowest BCUT2D eigenvalue weighted by Gasteiger charge is -2.13. The van der Waals surface area contributed by atoms with E-state index in [1.54, 1.807) is 0 Å². The van der Waals surface area contributed by atoms with Gasteiger partial charge in [-0.25, -0.2) is 0 Å². The van der Waals surface area contributed by atoms with Gasteiger partial charge in [-0.1, -0.05) is 11.6 Å². The molecule has 1 heterocycles. The van der Waals surface area contributed by atoms with Gasteiger partial charge in [0.05, 0.1) is 0 Å². The fourth-order valence-electron chi connectivity index (χ4n) is 1.70. The van der Waals surface area contributed by atoms with Crippen molar-refractivity contribution in [2.24, 2.45) is 0 Å². The molecule has 1 atom stereocenters. The van der Waals surface area contributed by atoms with Crippen molar-refractivity contribution >= 4 is 17.3 Å². The lowest BCUT2D eigenvalue weighted by molar-refractivity contribution is 0.223. The fraction of sp³-hybridized carbons (Fsp3) is 0.455. The lowest BCUT2D eigenvalue weighted by atomic mass is 10.3. The summed E-state index contributed by atoms with van der Waals surface area (Å²) in [6.07, 6.45) is 1.33. The van der Waals surface area contributed by atoms with Crippen LogP contribution < -0.4 is 15.4 Å². The second-order valence-corrected chi connectivity index (χ2v) is 4.09. The molecule has 4 heteroatoms. The van der Waals surface area contributed by atoms with E-state index in [2.05, 4.69) is 10.6 Å². The summed E-state index contributed by atoms with van der Waals surface area (Å²) in [5, 5.41) is 7.01. The molecule has 1 unspecified atom stereocenters. The number of halogens is 1. The first-order chi connectivity index (χ1) is 7.28. The lowest BCUT2D eigenvalue weighted by Crippen LogP contribution is -2.19. The van der Waals surface area contributed by atoms with Gasteiger partial charge in [-0.3, -0.25) is 0 Å². The predicted octanol–water partition coefficient (Wildman–Crippen LogP) is 2.12. The molecule has 2 rings (SSSR count). The quantitative estimate of drug-likeness (QED) is 0.829. The first-order valence-corrected chi connectivity index (χ1v) is 5.51. The molecule has 1 aliphatic heterocycles. The Morgan fingerprint density at radius 2 is 2.33 bits per heavy atom. The van der Waals surface area contributed by atoms with Crippen LogP contribution in [0, 0.1) is 0 Å². The van der Waals surface area contributed by atoms with Gasteiger partial charge < -0.3 is 15.4 Å². The maximum absolute atomic E-state index is 5.98. The number of hydrogen-bond donors (Lipinski definition) is 2. The average Bonchev–Trinajstić information content (AvgIpc) is 2.69. The van der Waals surface area contributed by atoms with E-state index in [9.17, 15) is 0 Å². The van der Waals surface area contributed by atoms with E-state index < -0.39 is 0 Å². The summed E-state index contributed by atoms with van der Waals surface area (Å²) in [7, 11) is 1.87. The molecule has 2 N–H and O–H groups in total. The summed E-state index contributed by atoms with van der Waals surface area (Å²) >= 11 is 5.98. The Bertz CT molecular complexity index is 337. The molecule has 3 nitrogen and oxygen atoms in total. The highest BCUT2D eigenvalue weighted by Gasteiger charge is 2.16. The van der Waals surface area contributed by atoms with Crippen molar-refractivity contribution in [2.75, 3.05) is 25.5 Å². The molecule has 0 aliphatic carbocycles. The van der Waals surface area contributed by atoms with E-state index in [4.69, 9.17) is 16.3 Å². The number of benzene rings is 1. The summed E-state index contributed by atoms with van der Waals surface area (Å²) in [4.78, 5) is 0. The van der Waals surface area contributed by atoms with Crippen molar-refractivity contribution < 1.29 is 4.74 Å². The highest BCUT2D eigenvalue weighted by Crippen LogP contribution is 2.25. The molecule has 0 bridgehead atoms. The minimum absolute atomic E-state index is 0.271. The summed E-state index contributed by atoms with van der Waals surface area (Å²) in [6, 6.07) is 5.69. The molecule has 15 heavy (non-hydrogen) atoms. The Labute approximate surface area is 94.8 Å². The monoisotopic (exact) mass is 226 g/mol. The topological polar surface area (TPSA) is 33.3 Å². The third kappa shape index (κ3) is 2.76. The molecule has 1 aromatic carbocycles. The minimum Gasteiger partial charge on any atom is -0.489 e. The fourth-order valence-corrected chi connectivity index (χ4v) is 1.92. The average molecular weight is 227 g/mol. The van der Waals surface area contributed by atoms with E-state index in [1.165, 1.54) is 0 Å². The van der Waals surface area contributed by atoms with Crippen molar-refractivity contribution in [1.29, 1.82) is 0 Å². The Morgan fingerprint density at radius 3 is 3.00 bits per heavy atom. The van der Waals surface area contributed by atoms with Crippen LogP contribution in [-0.4, -0.2) is 26.2 Å². The van der Waals surface area contributed by atoms with E-state index in [0.717, 1.165) is 30.9 Å². The number of anilines is 1. The van der Waals surface area contributed by atoms with Crippen LogP contribution in [0.2, 0.25) is 5.02 Å². The van der Waals surface area contributed by atoms with Crippen LogP contribution in [-0.2, 0) is 0 Å². The SMILES string of the molecule is CNc1cc(Cl)cc(OC2CCNC2)c1. The third-order valence-corrected chi connectivity index (χ3v) is 2.70. The zero-order valence-corrected chi connectivity index (χ0v) is 9.47. The van der Waals surface area contributed by atoms with Gasteiger partial charge in [0.25, 0.3) is 0 Å². The minimum atomic E-state index is 0.271. The Morgan fingerprint density at radius 1 is 1.47 bits per heavy atom. The largest absolute Gasteiger partial charge is 0.489 e. The van der Waals surface area contributed by atoms with Crippen LogP contribution in [0.4, 0.5) is 5.69 Å². The van der Waals surface area contributed by atoms with E-state index in [-0.39, 0.29) is 6.10 Å². The Kier molecular flexibility index (Phi) is 3.34. The molecule has 0 radical (unpaired) electrons. The first-order valence-electron chi connectivity index (χ1n) is 5.13. The van der Waals surface area contributed by atoms with Crippen molar-refractivity contribution in [2.45, 2.75) is 12.5 Å². The number of rotatable bonds is 3. The smallest absolute Gasteiger partial charge is 0.123 e. The van der Waals surface area contributed by atoms with Crippen LogP contribution in [0.3, 0.4) is 0 Å². The zero-order chi connectivity index (χ0) is 10.7. The van der Waals surface area contributed by atoms with Crippen molar-refractivity contribution in [3.63, 3.8) is 0 Å². The summed E-state index contributed by atoms with van der Waals surface area (Å²) in [5.41, 5.74) is 0.975. The highest BCUT2D eigenvalue weighted by atomic mass is 35.5. The van der Waals surface area contributed by atoms with Crippen molar-refractivity contribution in [3.05, 3.63) is 23.2 Å². The molecular weight excluding hydrogens is 212 g/mol. The van der Waals surface area contributed by atoms with Crippen LogP contribution in [0.15, 0.2) is 18.2 Å². The van der Waals surface area contributed by atoms with E-state index >= 15 is 0 Å². The standard InChI is InChI=1S/C11H15ClN2O/c1-13-9-4-8(12)5-11(6-9)15-10-2-3-14-7-10/h4-6,10,13-14H,2-3,7H2,1H3. The van der Waals surface area contributed by atoms with E-state index in [1.807, 2.05) is 25.2 Å². The molecular formula is C11H15ClN2O. The van der Waals surface area contributed by atoms with Gasteiger partial charge in [0.2, 0.25) is 0 Å². The molecule has 1 aromatic rings. The second-order valence-electron chi connectivity index (χ2n) is 3.66. The van der Waals surface area contributed by atoms with E-state index in [0.29, 0.717) is 5.02 Å². The molecule has 82 valence electrons. The van der Waals surface area contributed by atoms with Gasteiger partial charge in [0, 0.05) is 30.4 Å². The highest BCUT2D eigenvalue weighted by molar-refractivity contribution is 6.31. The van der Waals surface area contributed by atoms with Gasteiger partial charge in [-0.2, -0.15) is 0 Å². The van der Waals surface area contributed by atoms with Crippen molar-refractivity contribution in [3.8, 4) is 5.75 Å². The third-order valence-electron chi connectivity index (χ3n) is 2.48. The van der Waals surface area contributed by atoms with Crippen LogP contribution >= 0.6 is 11.6 Å². The molecule has 1 fully saturated rings. The van der Waals surface area contributed by atoms with Gasteiger partial charge in [0.1, 0.15) is 11.9 Å². The molecule has 0 amide bonds. The van der Waals surface area contributed by atoms with Gasteiger partial charge in [0.15, 0.2) is 0 Å². The van der Waals surface area contributed by atoms with Gasteiger partial charge >= 0.3 is 0 Å². The molecule has 0 spiro atoms. The molecule has 1 saturated heterocycles. The summed E-state index contributed by atoms with van der Waals surface area (Å²) < 4.78 is 5.81. The first kappa shape index (κ1) is 10.6. The maximum Gasteiger partial charge on any atom is 0.123 e. The van der Waals surface area contributed by atoms with Gasteiger partial charge in [-0.15, -0.1) is 0 Å². The molecule has 0 aromatic heterocycles. The van der Waals surface area contributed by atoms with Crippen LogP contribution in [0.1, 0.15) is 6.42 Å². The summed E-state index contributed by atoms with van der Waals surface area (Å²) in [5.74, 6) is 0.834. The number of hydrogen-bond acceptors (Lipinski definition) is 3. The zero-order valence-electron chi connectivity index (χ0n) is 8.72. The number of nitrogens with one attached hydrogen (secondary N) is 2.